The molecule has 0 saturated carbocycles. The normalized spacial score (nSPS) is 22.9. The maximum Gasteiger partial charge on any atom is 0.352 e. The average molecular weight is 368 g/mol. The number of hydrogen-bond donors (Lipinski definition) is 2. The molecule has 1 aliphatic rings. The topological polar surface area (TPSA) is 107 Å². The van der Waals surface area contributed by atoms with Crippen molar-refractivity contribution in [2.24, 2.45) is 0 Å². The van der Waals surface area contributed by atoms with Gasteiger partial charge in [-0.15, -0.1) is 0 Å². The first kappa shape index (κ1) is 17.5. The molecule has 1 aromatic carbocycles. The summed E-state index contributed by atoms with van der Waals surface area (Å²) < 4.78 is 20.4. The van der Waals surface area contributed by atoms with Crippen LogP contribution in [0.1, 0.15) is 23.2 Å². The highest BCUT2D eigenvalue weighted by Crippen LogP contribution is 2.37. The summed E-state index contributed by atoms with van der Waals surface area (Å²) in [6.45, 7) is -0.343. The van der Waals surface area contributed by atoms with Crippen molar-refractivity contribution in [3.05, 3.63) is 57.3 Å². The van der Waals surface area contributed by atoms with E-state index in [1.54, 1.807) is 12.1 Å². The van der Waals surface area contributed by atoms with E-state index in [1.165, 1.54) is 12.1 Å². The number of aromatic nitrogens is 2. The lowest BCUT2D eigenvalue weighted by atomic mass is 9.97. The van der Waals surface area contributed by atoms with Gasteiger partial charge in [0, 0.05) is 17.0 Å². The second kappa shape index (κ2) is 6.55. The molecule has 1 aliphatic heterocycles. The number of nitrogen functional groups attached to an aromatic ring is 1. The molecular formula is C16H15ClFN3O4. The number of aliphatic hydroxyl groups excluding tert-OH is 1. The Labute approximate surface area is 146 Å². The molecular weight excluding hydrogens is 353 g/mol. The molecule has 9 heteroatoms. The second-order valence-electron chi connectivity index (χ2n) is 5.71. The zero-order valence-corrected chi connectivity index (χ0v) is 13.7. The fraction of sp³-hybridized carbons (Fsp3) is 0.312. The Morgan fingerprint density at radius 1 is 1.56 bits per heavy atom. The third-order valence-electron chi connectivity index (χ3n) is 4.11. The van der Waals surface area contributed by atoms with Crippen LogP contribution in [0.15, 0.2) is 35.3 Å². The first-order valence-corrected chi connectivity index (χ1v) is 7.89. The van der Waals surface area contributed by atoms with Gasteiger partial charge in [0.25, 0.3) is 0 Å². The van der Waals surface area contributed by atoms with Crippen LogP contribution in [-0.2, 0) is 10.5 Å². The standard InChI is InChI=1S/C16H15ClFN3O4/c17-10-3-1-2-9(6-10)13(23)16(5-4-11(8-22)25-16)21-7-12(18)14(19)20-15(21)24/h1-3,6-7,11,22H,4-5,8H2,(H2,19,20,24)/t11-,16-/m0/s1. The van der Waals surface area contributed by atoms with Crippen LogP contribution in [-0.4, -0.2) is 33.2 Å². The molecule has 0 aliphatic carbocycles. The molecule has 132 valence electrons. The van der Waals surface area contributed by atoms with Crippen molar-refractivity contribution in [3.63, 3.8) is 0 Å². The van der Waals surface area contributed by atoms with Gasteiger partial charge in [-0.05, 0) is 18.6 Å². The van der Waals surface area contributed by atoms with Crippen molar-refractivity contribution in [2.75, 3.05) is 12.3 Å². The minimum absolute atomic E-state index is 0.0640. The number of benzene rings is 1. The van der Waals surface area contributed by atoms with E-state index in [0.717, 1.165) is 10.8 Å². The molecule has 25 heavy (non-hydrogen) atoms. The van der Waals surface area contributed by atoms with E-state index in [1.807, 2.05) is 0 Å². The molecule has 2 atom stereocenters. The molecule has 7 nitrogen and oxygen atoms in total. The van der Waals surface area contributed by atoms with Gasteiger partial charge in [-0.3, -0.25) is 9.36 Å². The summed E-state index contributed by atoms with van der Waals surface area (Å²) in [5.41, 5.74) is 2.75. The number of halogens is 2. The van der Waals surface area contributed by atoms with E-state index < -0.39 is 34.9 Å². The van der Waals surface area contributed by atoms with Gasteiger partial charge in [0.2, 0.25) is 11.5 Å². The zero-order chi connectivity index (χ0) is 18.2. The van der Waals surface area contributed by atoms with E-state index in [9.17, 15) is 19.1 Å². The van der Waals surface area contributed by atoms with Gasteiger partial charge in [-0.2, -0.15) is 4.98 Å². The maximum absolute atomic E-state index is 13.9. The summed E-state index contributed by atoms with van der Waals surface area (Å²) in [7, 11) is 0. The minimum Gasteiger partial charge on any atom is -0.394 e. The van der Waals surface area contributed by atoms with Crippen LogP contribution in [0.4, 0.5) is 10.2 Å². The van der Waals surface area contributed by atoms with E-state index in [2.05, 4.69) is 4.98 Å². The molecule has 0 bridgehead atoms. The van der Waals surface area contributed by atoms with Crippen LogP contribution >= 0.6 is 11.6 Å². The minimum atomic E-state index is -1.82. The van der Waals surface area contributed by atoms with E-state index >= 15 is 0 Å². The summed E-state index contributed by atoms with van der Waals surface area (Å²) >= 11 is 5.93. The lowest BCUT2D eigenvalue weighted by molar-refractivity contribution is -0.0857. The lowest BCUT2D eigenvalue weighted by Crippen LogP contribution is -2.48. The van der Waals surface area contributed by atoms with Crippen LogP contribution in [0.2, 0.25) is 5.02 Å². The van der Waals surface area contributed by atoms with Gasteiger partial charge in [-0.1, -0.05) is 23.7 Å². The number of hydrogen-bond acceptors (Lipinski definition) is 6. The molecule has 3 N–H and O–H groups in total. The van der Waals surface area contributed by atoms with Crippen molar-refractivity contribution in [2.45, 2.75) is 24.7 Å². The van der Waals surface area contributed by atoms with Gasteiger partial charge in [0.15, 0.2) is 11.6 Å². The summed E-state index contributed by atoms with van der Waals surface area (Å²) in [5.74, 6) is -2.10. The molecule has 3 rings (SSSR count). The first-order valence-electron chi connectivity index (χ1n) is 7.51. The van der Waals surface area contributed by atoms with Crippen LogP contribution in [0.5, 0.6) is 0 Å². The predicted molar refractivity (Wildman–Crippen MR) is 87.8 cm³/mol. The van der Waals surface area contributed by atoms with Crippen molar-refractivity contribution in [3.8, 4) is 0 Å². The number of Topliss-reactive ketones (excluding diaryl/α,β-unsaturated/α-hetero) is 1. The Kier molecular flexibility index (Phi) is 4.59. The van der Waals surface area contributed by atoms with Gasteiger partial charge >= 0.3 is 5.69 Å². The molecule has 2 aromatic rings. The summed E-state index contributed by atoms with van der Waals surface area (Å²) in [5, 5.41) is 9.68. The van der Waals surface area contributed by atoms with Gasteiger partial charge in [0.1, 0.15) is 0 Å². The second-order valence-corrected chi connectivity index (χ2v) is 6.15. The first-order chi connectivity index (χ1) is 11.9. The smallest absolute Gasteiger partial charge is 0.352 e. The fourth-order valence-electron chi connectivity index (χ4n) is 2.89. The van der Waals surface area contributed by atoms with Crippen molar-refractivity contribution in [1.82, 2.24) is 9.55 Å². The Balaban J connectivity index is 2.17. The number of carbonyl (C=O) groups excluding carboxylic acids is 1. The number of nitrogens with two attached hydrogens (primary N) is 1. The molecule has 2 heterocycles. The molecule has 1 saturated heterocycles. The number of ether oxygens (including phenoxy) is 1. The van der Waals surface area contributed by atoms with Gasteiger partial charge < -0.3 is 15.6 Å². The molecule has 0 radical (unpaired) electrons. The highest BCUT2D eigenvalue weighted by molar-refractivity contribution is 6.31. The van der Waals surface area contributed by atoms with Crippen LogP contribution in [0.25, 0.3) is 0 Å². The van der Waals surface area contributed by atoms with E-state index in [-0.39, 0.29) is 18.6 Å². The lowest BCUT2D eigenvalue weighted by Gasteiger charge is -2.30. The summed E-state index contributed by atoms with van der Waals surface area (Å²) in [4.78, 5) is 28.8. The SMILES string of the molecule is Nc1nc(=O)n([C@@]2(C(=O)c3cccc(Cl)c3)CC[C@@H](CO)O2)cc1F. The van der Waals surface area contributed by atoms with Crippen LogP contribution in [0, 0.1) is 5.82 Å². The Hall–Kier alpha value is -2.29. The third-order valence-corrected chi connectivity index (χ3v) is 4.35. The average Bonchev–Trinajstić information content (AvgIpc) is 3.03. The van der Waals surface area contributed by atoms with E-state index in [4.69, 9.17) is 22.1 Å². The Morgan fingerprint density at radius 3 is 2.96 bits per heavy atom. The molecule has 0 amide bonds. The quantitative estimate of drug-likeness (QED) is 0.789. The fourth-order valence-corrected chi connectivity index (χ4v) is 3.08. The maximum atomic E-state index is 13.9. The molecule has 0 unspecified atom stereocenters. The number of ketones is 1. The zero-order valence-electron chi connectivity index (χ0n) is 13.0. The van der Waals surface area contributed by atoms with Crippen molar-refractivity contribution in [1.29, 1.82) is 0 Å². The summed E-state index contributed by atoms with van der Waals surface area (Å²) in [6.07, 6.45) is 0.499. The van der Waals surface area contributed by atoms with Gasteiger partial charge in [0.05, 0.1) is 18.9 Å². The van der Waals surface area contributed by atoms with Crippen LogP contribution < -0.4 is 11.4 Å². The number of anilines is 1. The number of aliphatic hydroxyl groups is 1. The Morgan fingerprint density at radius 2 is 2.32 bits per heavy atom. The molecule has 1 aromatic heterocycles. The van der Waals surface area contributed by atoms with Crippen molar-refractivity contribution < 1.29 is 19.0 Å². The number of carbonyl (C=O) groups is 1. The monoisotopic (exact) mass is 367 g/mol. The molecule has 0 spiro atoms. The van der Waals surface area contributed by atoms with Crippen molar-refractivity contribution >= 4 is 23.2 Å². The highest BCUT2D eigenvalue weighted by atomic mass is 35.5. The van der Waals surface area contributed by atoms with Crippen LogP contribution in [0.3, 0.4) is 0 Å². The third kappa shape index (κ3) is 3.04. The Bertz CT molecular complexity index is 888. The van der Waals surface area contributed by atoms with Gasteiger partial charge in [-0.25, -0.2) is 9.18 Å². The largest absolute Gasteiger partial charge is 0.394 e. The van der Waals surface area contributed by atoms with E-state index in [0.29, 0.717) is 11.4 Å². The predicted octanol–water partition coefficient (Wildman–Crippen LogP) is 1.32. The molecule has 1 fully saturated rings. The number of rotatable bonds is 4. The summed E-state index contributed by atoms with van der Waals surface area (Å²) in [6, 6.07) is 6.10. The number of nitrogens with zero attached hydrogens (tertiary/aromatic N) is 2. The highest BCUT2D eigenvalue weighted by Gasteiger charge is 2.49.